The second-order valence-corrected chi connectivity index (χ2v) is 7.78. The van der Waals surface area contributed by atoms with Gasteiger partial charge in [0.25, 0.3) is 5.91 Å². The number of amides is 1. The fourth-order valence-corrected chi connectivity index (χ4v) is 3.86. The van der Waals surface area contributed by atoms with Crippen LogP contribution in [-0.2, 0) is 12.8 Å². The summed E-state index contributed by atoms with van der Waals surface area (Å²) in [6, 6.07) is 12.1. The largest absolute Gasteiger partial charge is 0.331 e. The van der Waals surface area contributed by atoms with Gasteiger partial charge in [-0.2, -0.15) is 5.10 Å². The molecule has 0 unspecified atom stereocenters. The molecule has 8 heteroatoms. The quantitative estimate of drug-likeness (QED) is 0.442. The molecule has 1 aliphatic rings. The molecule has 0 spiro atoms. The van der Waals surface area contributed by atoms with Gasteiger partial charge in [0.05, 0.1) is 5.69 Å². The first-order chi connectivity index (χ1) is 14.4. The lowest BCUT2D eigenvalue weighted by molar-refractivity contribution is 0.0938. The number of nitrogens with one attached hydrogen (secondary N) is 3. The molecule has 154 valence electrons. The van der Waals surface area contributed by atoms with Crippen LogP contribution in [0.2, 0.25) is 0 Å². The second-order valence-electron chi connectivity index (χ2n) is 7.37. The molecule has 6 nitrogen and oxygen atoms in total. The number of carbonyl (C=O) groups excluding carboxylic acids is 1. The maximum Gasteiger partial charge on any atom is 0.290 e. The third-order valence-electron chi connectivity index (χ3n) is 5.14. The van der Waals surface area contributed by atoms with E-state index in [-0.39, 0.29) is 16.8 Å². The maximum absolute atomic E-state index is 13.3. The Morgan fingerprint density at radius 2 is 1.87 bits per heavy atom. The van der Waals surface area contributed by atoms with E-state index in [2.05, 4.69) is 27.3 Å². The van der Waals surface area contributed by atoms with Gasteiger partial charge in [-0.15, -0.1) is 0 Å². The minimum absolute atomic E-state index is 0.282. The van der Waals surface area contributed by atoms with Gasteiger partial charge in [-0.3, -0.25) is 15.6 Å². The van der Waals surface area contributed by atoms with Crippen LogP contribution in [0, 0.1) is 19.7 Å². The van der Waals surface area contributed by atoms with Crippen molar-refractivity contribution in [2.24, 2.45) is 0 Å². The van der Waals surface area contributed by atoms with Crippen molar-refractivity contribution in [1.29, 1.82) is 0 Å². The maximum atomic E-state index is 13.3. The Hall–Kier alpha value is -3.26. The normalized spacial score (nSPS) is 12.4. The highest BCUT2D eigenvalue weighted by Crippen LogP contribution is 2.27. The molecule has 0 saturated heterocycles. The van der Waals surface area contributed by atoms with E-state index < -0.39 is 0 Å². The number of carbonyl (C=O) groups is 1. The molecule has 1 aliphatic carbocycles. The molecule has 30 heavy (non-hydrogen) atoms. The van der Waals surface area contributed by atoms with Gasteiger partial charge in [0.1, 0.15) is 5.82 Å². The molecule has 0 atom stereocenters. The number of nitrogens with zero attached hydrogens (tertiary/aromatic N) is 2. The molecular weight excluding hydrogens is 401 g/mol. The summed E-state index contributed by atoms with van der Waals surface area (Å²) in [6.07, 6.45) is 2.56. The number of aryl methyl sites for hydroxylation is 2. The number of aromatic nitrogens is 2. The van der Waals surface area contributed by atoms with E-state index in [0.717, 1.165) is 53.0 Å². The van der Waals surface area contributed by atoms with Crippen molar-refractivity contribution in [3.8, 4) is 5.69 Å². The van der Waals surface area contributed by atoms with Crippen LogP contribution in [0.15, 0.2) is 42.5 Å². The molecule has 0 fully saturated rings. The van der Waals surface area contributed by atoms with Gasteiger partial charge in [-0.05, 0) is 81.2 Å². The van der Waals surface area contributed by atoms with Crippen molar-refractivity contribution < 1.29 is 9.18 Å². The zero-order chi connectivity index (χ0) is 21.3. The van der Waals surface area contributed by atoms with E-state index in [0.29, 0.717) is 5.69 Å². The third-order valence-corrected chi connectivity index (χ3v) is 5.34. The number of halogens is 1. The lowest BCUT2D eigenvalue weighted by atomic mass is 10.1. The Kier molecular flexibility index (Phi) is 5.50. The number of rotatable bonds is 3. The predicted molar refractivity (Wildman–Crippen MR) is 118 cm³/mol. The van der Waals surface area contributed by atoms with Crippen LogP contribution < -0.4 is 16.2 Å². The lowest BCUT2D eigenvalue weighted by Gasteiger charge is -2.13. The van der Waals surface area contributed by atoms with Gasteiger partial charge in [0.2, 0.25) is 0 Å². The number of hydrazine groups is 1. The van der Waals surface area contributed by atoms with Gasteiger partial charge >= 0.3 is 0 Å². The zero-order valence-corrected chi connectivity index (χ0v) is 17.6. The lowest BCUT2D eigenvalue weighted by Crippen LogP contribution is -2.44. The van der Waals surface area contributed by atoms with Gasteiger partial charge in [0.15, 0.2) is 10.8 Å². The summed E-state index contributed by atoms with van der Waals surface area (Å²) in [5.41, 5.74) is 11.5. The Morgan fingerprint density at radius 1 is 1.10 bits per heavy atom. The highest BCUT2D eigenvalue weighted by atomic mass is 32.1. The Balaban J connectivity index is 1.47. The van der Waals surface area contributed by atoms with Crippen molar-refractivity contribution in [3.05, 3.63) is 76.4 Å². The molecule has 3 N–H and O–H groups in total. The molecule has 1 heterocycles. The fraction of sp³-hybridized carbons (Fsp3) is 0.227. The molecule has 4 rings (SSSR count). The first-order valence-corrected chi connectivity index (χ1v) is 10.1. The van der Waals surface area contributed by atoms with Crippen LogP contribution in [0.25, 0.3) is 5.69 Å². The molecule has 3 aromatic rings. The fourth-order valence-electron chi connectivity index (χ4n) is 3.70. The van der Waals surface area contributed by atoms with Gasteiger partial charge < -0.3 is 5.32 Å². The average Bonchev–Trinajstić information content (AvgIpc) is 3.32. The van der Waals surface area contributed by atoms with Crippen LogP contribution in [0.3, 0.4) is 0 Å². The summed E-state index contributed by atoms with van der Waals surface area (Å²) < 4.78 is 15.0. The van der Waals surface area contributed by atoms with E-state index >= 15 is 0 Å². The van der Waals surface area contributed by atoms with Crippen molar-refractivity contribution in [1.82, 2.24) is 20.6 Å². The summed E-state index contributed by atoms with van der Waals surface area (Å²) in [4.78, 5) is 12.8. The van der Waals surface area contributed by atoms with Crippen LogP contribution in [-0.4, -0.2) is 20.8 Å². The van der Waals surface area contributed by atoms with Crippen molar-refractivity contribution in [3.63, 3.8) is 0 Å². The van der Waals surface area contributed by atoms with E-state index in [1.54, 1.807) is 16.8 Å². The zero-order valence-electron chi connectivity index (χ0n) is 16.8. The number of anilines is 1. The molecule has 2 aromatic carbocycles. The van der Waals surface area contributed by atoms with Crippen molar-refractivity contribution >= 4 is 28.9 Å². The molecule has 1 aromatic heterocycles. The molecule has 0 bridgehead atoms. The van der Waals surface area contributed by atoms with Crippen LogP contribution in [0.4, 0.5) is 10.1 Å². The number of hydrogen-bond acceptors (Lipinski definition) is 3. The molecular formula is C22H22FN5OS. The summed E-state index contributed by atoms with van der Waals surface area (Å²) in [7, 11) is 0. The third kappa shape index (κ3) is 4.04. The Labute approximate surface area is 179 Å². The number of thiocarbonyl (C=S) groups is 1. The van der Waals surface area contributed by atoms with Gasteiger partial charge in [0, 0.05) is 16.9 Å². The summed E-state index contributed by atoms with van der Waals surface area (Å²) in [5.74, 6) is -0.673. The smallest absolute Gasteiger partial charge is 0.290 e. The van der Waals surface area contributed by atoms with Crippen LogP contribution >= 0.6 is 12.2 Å². The van der Waals surface area contributed by atoms with E-state index in [9.17, 15) is 9.18 Å². The highest BCUT2D eigenvalue weighted by Gasteiger charge is 2.27. The SMILES string of the molecule is Cc1ccc(NC(=S)NNC(=O)c2nn(-c3ccc(F)cc3)c3c2CCC3)c(C)c1. The van der Waals surface area contributed by atoms with Gasteiger partial charge in [-0.1, -0.05) is 17.7 Å². The molecule has 1 amide bonds. The van der Waals surface area contributed by atoms with Crippen molar-refractivity contribution in [2.45, 2.75) is 33.1 Å². The first kappa shape index (κ1) is 20.0. The molecule has 0 aliphatic heterocycles. The minimum Gasteiger partial charge on any atom is -0.331 e. The standard InChI is InChI=1S/C22H22FN5OS/c1-13-6-11-18(14(2)12-13)24-22(30)26-25-21(29)20-17-4-3-5-19(17)28(27-20)16-9-7-15(23)8-10-16/h6-12H,3-5H2,1-2H3,(H,25,29)(H2,24,26,30). The second kappa shape index (κ2) is 8.23. The summed E-state index contributed by atoms with van der Waals surface area (Å²) in [6.45, 7) is 4.01. The highest BCUT2D eigenvalue weighted by molar-refractivity contribution is 7.80. The Bertz CT molecular complexity index is 1120. The molecule has 0 radical (unpaired) electrons. The van der Waals surface area contributed by atoms with E-state index in [1.165, 1.54) is 12.1 Å². The predicted octanol–water partition coefficient (Wildman–Crippen LogP) is 3.75. The van der Waals surface area contributed by atoms with E-state index in [1.807, 2.05) is 26.0 Å². The van der Waals surface area contributed by atoms with Gasteiger partial charge in [-0.25, -0.2) is 9.07 Å². The summed E-state index contributed by atoms with van der Waals surface area (Å²) >= 11 is 5.29. The monoisotopic (exact) mass is 423 g/mol. The summed E-state index contributed by atoms with van der Waals surface area (Å²) in [5, 5.41) is 7.86. The topological polar surface area (TPSA) is 71.0 Å². The van der Waals surface area contributed by atoms with Crippen molar-refractivity contribution in [2.75, 3.05) is 5.32 Å². The molecule has 0 saturated carbocycles. The first-order valence-electron chi connectivity index (χ1n) is 9.73. The minimum atomic E-state index is -0.362. The van der Waals surface area contributed by atoms with Crippen LogP contribution in [0.1, 0.15) is 39.3 Å². The number of benzene rings is 2. The average molecular weight is 424 g/mol. The number of hydrogen-bond donors (Lipinski definition) is 3. The van der Waals surface area contributed by atoms with Crippen LogP contribution in [0.5, 0.6) is 0 Å². The van der Waals surface area contributed by atoms with E-state index in [4.69, 9.17) is 12.2 Å². The Morgan fingerprint density at radius 3 is 2.60 bits per heavy atom. The number of fused-ring (bicyclic) bond motifs is 1.